The van der Waals surface area contributed by atoms with Crippen molar-refractivity contribution in [3.8, 4) is 11.8 Å². The highest BCUT2D eigenvalue weighted by atomic mass is 16.3. The highest BCUT2D eigenvalue weighted by Gasteiger charge is 2.30. The molecule has 1 amide bonds. The fourth-order valence-corrected chi connectivity index (χ4v) is 2.73. The first-order valence-corrected chi connectivity index (χ1v) is 6.63. The molecule has 3 rings (SSSR count). The zero-order chi connectivity index (χ0) is 14.1. The molecule has 4 nitrogen and oxygen atoms in total. The van der Waals surface area contributed by atoms with E-state index >= 15 is 0 Å². The molecule has 1 saturated heterocycles. The van der Waals surface area contributed by atoms with E-state index < -0.39 is 0 Å². The highest BCUT2D eigenvalue weighted by Crippen LogP contribution is 2.31. The molecule has 1 fully saturated rings. The maximum absolute atomic E-state index is 12.5. The Morgan fingerprint density at radius 3 is 2.90 bits per heavy atom. The third-order valence-electron chi connectivity index (χ3n) is 3.79. The molecule has 0 bridgehead atoms. The summed E-state index contributed by atoms with van der Waals surface area (Å²) >= 11 is 0. The lowest BCUT2D eigenvalue weighted by Gasteiger charge is -2.20. The van der Waals surface area contributed by atoms with Crippen LogP contribution in [0.5, 0.6) is 5.75 Å². The van der Waals surface area contributed by atoms with Gasteiger partial charge in [-0.25, -0.2) is 0 Å². The number of nitriles is 1. The lowest BCUT2D eigenvalue weighted by molar-refractivity contribution is 0.0762. The maximum Gasteiger partial charge on any atom is 0.258 e. The summed E-state index contributed by atoms with van der Waals surface area (Å²) in [6.07, 6.45) is 1.54. The minimum Gasteiger partial charge on any atom is -0.506 e. The number of amides is 1. The molecule has 0 saturated carbocycles. The molecule has 0 radical (unpaired) electrons. The van der Waals surface area contributed by atoms with Gasteiger partial charge in [-0.3, -0.25) is 4.79 Å². The van der Waals surface area contributed by atoms with E-state index in [0.717, 1.165) is 11.8 Å². The van der Waals surface area contributed by atoms with Crippen molar-refractivity contribution in [3.05, 3.63) is 42.0 Å². The topological polar surface area (TPSA) is 64.3 Å². The number of likely N-dealkylation sites (tertiary alicyclic amines) is 1. The smallest absolute Gasteiger partial charge is 0.258 e. The number of hydrogen-bond donors (Lipinski definition) is 1. The number of hydrogen-bond acceptors (Lipinski definition) is 3. The quantitative estimate of drug-likeness (QED) is 0.863. The SMILES string of the molecule is N#CC1CCCN1C(=O)c1ccc2ccccc2c1O. The summed E-state index contributed by atoms with van der Waals surface area (Å²) in [6.45, 7) is 0.573. The van der Waals surface area contributed by atoms with Crippen LogP contribution in [0.2, 0.25) is 0 Å². The van der Waals surface area contributed by atoms with Crippen molar-refractivity contribution in [1.29, 1.82) is 5.26 Å². The largest absolute Gasteiger partial charge is 0.506 e. The molecule has 2 aromatic rings. The summed E-state index contributed by atoms with van der Waals surface area (Å²) in [4.78, 5) is 14.0. The monoisotopic (exact) mass is 266 g/mol. The third-order valence-corrected chi connectivity index (χ3v) is 3.79. The van der Waals surface area contributed by atoms with E-state index in [9.17, 15) is 9.90 Å². The summed E-state index contributed by atoms with van der Waals surface area (Å²) in [5, 5.41) is 20.9. The van der Waals surface area contributed by atoms with Crippen LogP contribution in [-0.4, -0.2) is 28.5 Å². The van der Waals surface area contributed by atoms with Crippen LogP contribution in [0.15, 0.2) is 36.4 Å². The van der Waals surface area contributed by atoms with E-state index in [1.54, 1.807) is 17.0 Å². The number of phenols is 1. The number of carbonyl (C=O) groups excluding carboxylic acids is 1. The second-order valence-electron chi connectivity index (χ2n) is 4.97. The predicted molar refractivity (Wildman–Crippen MR) is 75.3 cm³/mol. The van der Waals surface area contributed by atoms with Gasteiger partial charge in [0.05, 0.1) is 11.6 Å². The summed E-state index contributed by atoms with van der Waals surface area (Å²) in [5.74, 6) is -0.269. The van der Waals surface area contributed by atoms with Crippen molar-refractivity contribution in [3.63, 3.8) is 0 Å². The molecule has 2 aromatic carbocycles. The molecule has 1 N–H and O–H groups in total. The minimum atomic E-state index is -0.381. The Morgan fingerprint density at radius 1 is 1.30 bits per heavy atom. The molecule has 0 aromatic heterocycles. The first kappa shape index (κ1) is 12.5. The molecule has 4 heteroatoms. The van der Waals surface area contributed by atoms with Gasteiger partial charge in [0.1, 0.15) is 11.8 Å². The molecule has 0 aliphatic carbocycles. The van der Waals surface area contributed by atoms with E-state index in [1.165, 1.54) is 0 Å². The number of carbonyl (C=O) groups is 1. The van der Waals surface area contributed by atoms with Crippen molar-refractivity contribution in [2.45, 2.75) is 18.9 Å². The Labute approximate surface area is 116 Å². The van der Waals surface area contributed by atoms with Gasteiger partial charge >= 0.3 is 0 Å². The van der Waals surface area contributed by atoms with Crippen molar-refractivity contribution in [2.75, 3.05) is 6.54 Å². The number of phenolic OH excluding ortho intramolecular Hbond substituents is 1. The summed E-state index contributed by atoms with van der Waals surface area (Å²) in [5.41, 5.74) is 0.269. The number of aromatic hydroxyl groups is 1. The van der Waals surface area contributed by atoms with Gasteiger partial charge in [-0.2, -0.15) is 5.26 Å². The molecule has 20 heavy (non-hydrogen) atoms. The van der Waals surface area contributed by atoms with E-state index in [0.29, 0.717) is 18.4 Å². The van der Waals surface area contributed by atoms with Crippen LogP contribution in [0, 0.1) is 11.3 Å². The molecular formula is C16H14N2O2. The first-order chi connectivity index (χ1) is 9.72. The summed E-state index contributed by atoms with van der Waals surface area (Å²) in [7, 11) is 0. The average molecular weight is 266 g/mol. The zero-order valence-corrected chi connectivity index (χ0v) is 10.9. The summed E-state index contributed by atoms with van der Waals surface area (Å²) < 4.78 is 0. The number of nitrogens with zero attached hydrogens (tertiary/aromatic N) is 2. The van der Waals surface area contributed by atoms with Gasteiger partial charge in [-0.1, -0.05) is 30.3 Å². The molecule has 100 valence electrons. The van der Waals surface area contributed by atoms with Crippen LogP contribution in [0.3, 0.4) is 0 Å². The van der Waals surface area contributed by atoms with Crippen LogP contribution >= 0.6 is 0 Å². The number of fused-ring (bicyclic) bond motifs is 1. The Morgan fingerprint density at radius 2 is 2.10 bits per heavy atom. The van der Waals surface area contributed by atoms with Gasteiger partial charge in [0.25, 0.3) is 5.91 Å². The van der Waals surface area contributed by atoms with E-state index in [2.05, 4.69) is 6.07 Å². The van der Waals surface area contributed by atoms with Gasteiger partial charge in [0, 0.05) is 11.9 Å². The van der Waals surface area contributed by atoms with Gasteiger partial charge in [-0.15, -0.1) is 0 Å². The lowest BCUT2D eigenvalue weighted by atomic mass is 10.0. The molecule has 1 aliphatic rings. The normalized spacial score (nSPS) is 18.1. The molecule has 1 atom stereocenters. The molecule has 1 heterocycles. The lowest BCUT2D eigenvalue weighted by Crippen LogP contribution is -2.34. The second kappa shape index (κ2) is 4.86. The maximum atomic E-state index is 12.5. The fourth-order valence-electron chi connectivity index (χ4n) is 2.73. The number of rotatable bonds is 1. The van der Waals surface area contributed by atoms with Crippen molar-refractivity contribution < 1.29 is 9.90 Å². The van der Waals surface area contributed by atoms with Crippen molar-refractivity contribution >= 4 is 16.7 Å². The third kappa shape index (κ3) is 1.88. The zero-order valence-electron chi connectivity index (χ0n) is 10.9. The predicted octanol–water partition coefficient (Wildman–Crippen LogP) is 2.67. The van der Waals surface area contributed by atoms with Crippen molar-refractivity contribution in [1.82, 2.24) is 4.90 Å². The fraction of sp³-hybridized carbons (Fsp3) is 0.250. The van der Waals surface area contributed by atoms with Crippen molar-refractivity contribution in [2.24, 2.45) is 0 Å². The number of benzene rings is 2. The Kier molecular flexibility index (Phi) is 3.03. The van der Waals surface area contributed by atoms with Gasteiger partial charge in [0.15, 0.2) is 0 Å². The van der Waals surface area contributed by atoms with E-state index in [1.807, 2.05) is 24.3 Å². The van der Waals surface area contributed by atoms with Crippen LogP contribution in [0.1, 0.15) is 23.2 Å². The minimum absolute atomic E-state index is 0.00307. The van der Waals surface area contributed by atoms with Gasteiger partial charge < -0.3 is 10.0 Å². The Bertz CT molecular complexity index is 718. The standard InChI is InChI=1S/C16H14N2O2/c17-10-12-5-3-9-18(12)16(20)14-8-7-11-4-1-2-6-13(11)15(14)19/h1-2,4,6-8,12,19H,3,5,9H2. The van der Waals surface area contributed by atoms with Crippen LogP contribution in [0.25, 0.3) is 10.8 Å². The Balaban J connectivity index is 2.04. The van der Waals surface area contributed by atoms with Gasteiger partial charge in [0.2, 0.25) is 0 Å². The Hall–Kier alpha value is -2.54. The molecular weight excluding hydrogens is 252 g/mol. The van der Waals surface area contributed by atoms with Crippen LogP contribution in [0.4, 0.5) is 0 Å². The molecule has 1 unspecified atom stereocenters. The van der Waals surface area contributed by atoms with Gasteiger partial charge in [-0.05, 0) is 24.3 Å². The molecule has 0 spiro atoms. The molecule has 1 aliphatic heterocycles. The average Bonchev–Trinajstić information content (AvgIpc) is 2.96. The highest BCUT2D eigenvalue weighted by molar-refractivity contribution is 6.03. The summed E-state index contributed by atoms with van der Waals surface area (Å²) in [6, 6.07) is 12.6. The van der Waals surface area contributed by atoms with Crippen LogP contribution < -0.4 is 0 Å². The van der Waals surface area contributed by atoms with Crippen LogP contribution in [-0.2, 0) is 0 Å². The van der Waals surface area contributed by atoms with E-state index in [4.69, 9.17) is 5.26 Å². The second-order valence-corrected chi connectivity index (χ2v) is 4.97. The van der Waals surface area contributed by atoms with E-state index in [-0.39, 0.29) is 23.3 Å². The first-order valence-electron chi connectivity index (χ1n) is 6.63.